The summed E-state index contributed by atoms with van der Waals surface area (Å²) in [5.41, 5.74) is 1.12. The van der Waals surface area contributed by atoms with E-state index in [1.54, 1.807) is 6.08 Å². The van der Waals surface area contributed by atoms with Crippen LogP contribution in [-0.4, -0.2) is 24.6 Å². The molecule has 0 saturated carbocycles. The van der Waals surface area contributed by atoms with Crippen LogP contribution in [0.3, 0.4) is 0 Å². The summed E-state index contributed by atoms with van der Waals surface area (Å²) in [7, 11) is 0. The molecule has 118 valence electrons. The van der Waals surface area contributed by atoms with E-state index < -0.39 is 6.09 Å². The minimum absolute atomic E-state index is 0.123. The van der Waals surface area contributed by atoms with Crippen LogP contribution in [0, 0.1) is 0 Å². The van der Waals surface area contributed by atoms with Crippen molar-refractivity contribution in [2.75, 3.05) is 6.61 Å². The van der Waals surface area contributed by atoms with Crippen LogP contribution in [0.15, 0.2) is 42.1 Å². The molecular formula is C17H21NO4. The molecule has 0 aliphatic carbocycles. The molecule has 1 fully saturated rings. The Labute approximate surface area is 130 Å². The number of ketones is 1. The molecule has 1 saturated heterocycles. The molecule has 1 aliphatic heterocycles. The van der Waals surface area contributed by atoms with Gasteiger partial charge in [0.1, 0.15) is 6.61 Å². The average Bonchev–Trinajstić information content (AvgIpc) is 2.54. The van der Waals surface area contributed by atoms with Crippen LogP contribution in [0.25, 0.3) is 0 Å². The highest BCUT2D eigenvalue weighted by Gasteiger charge is 2.16. The first-order valence-corrected chi connectivity index (χ1v) is 7.47. The van der Waals surface area contributed by atoms with Crippen LogP contribution in [0.5, 0.6) is 0 Å². The van der Waals surface area contributed by atoms with Crippen molar-refractivity contribution in [2.24, 2.45) is 0 Å². The maximum absolute atomic E-state index is 11.8. The normalized spacial score (nSPS) is 18.6. The summed E-state index contributed by atoms with van der Waals surface area (Å²) in [6.45, 7) is 2.26. The van der Waals surface area contributed by atoms with Gasteiger partial charge in [-0.15, -0.1) is 0 Å². The highest BCUT2D eigenvalue weighted by Crippen LogP contribution is 2.15. The predicted octanol–water partition coefficient (Wildman–Crippen LogP) is 2.95. The second-order valence-corrected chi connectivity index (χ2v) is 5.23. The standard InChI is InChI=1S/C17H21NO4/c1-13(19)16(11-15-9-5-6-10-21-15)18-17(20)22-12-14-7-3-2-4-8-14/h2-4,7-8,11,15H,5-6,9-10,12H2,1H3,(H,18,20)/b16-11-/t15-/m1/s1. The SMILES string of the molecule is CC(=O)/C(=C/[C@H]1CCCCO1)NC(=O)OCc1ccccc1. The molecule has 1 N–H and O–H groups in total. The lowest BCUT2D eigenvalue weighted by molar-refractivity contribution is -0.114. The van der Waals surface area contributed by atoms with Gasteiger partial charge in [-0.1, -0.05) is 30.3 Å². The minimum Gasteiger partial charge on any atom is -0.444 e. The fourth-order valence-electron chi connectivity index (χ4n) is 2.20. The lowest BCUT2D eigenvalue weighted by Gasteiger charge is -2.20. The number of benzene rings is 1. The number of carbonyl (C=O) groups is 2. The molecule has 5 heteroatoms. The van der Waals surface area contributed by atoms with E-state index in [9.17, 15) is 9.59 Å². The lowest BCUT2D eigenvalue weighted by atomic mass is 10.1. The summed E-state index contributed by atoms with van der Waals surface area (Å²) >= 11 is 0. The second kappa shape index (κ2) is 8.34. The first-order chi connectivity index (χ1) is 10.6. The van der Waals surface area contributed by atoms with E-state index in [1.807, 2.05) is 30.3 Å². The van der Waals surface area contributed by atoms with Crippen molar-refractivity contribution in [3.05, 3.63) is 47.7 Å². The van der Waals surface area contributed by atoms with E-state index in [2.05, 4.69) is 5.32 Å². The summed E-state index contributed by atoms with van der Waals surface area (Å²) in [6, 6.07) is 9.37. The number of alkyl carbamates (subject to hydrolysis) is 1. The summed E-state index contributed by atoms with van der Waals surface area (Å²) in [5, 5.41) is 2.50. The van der Waals surface area contributed by atoms with E-state index >= 15 is 0 Å². The average molecular weight is 303 g/mol. The predicted molar refractivity (Wildman–Crippen MR) is 82.1 cm³/mol. The minimum atomic E-state index is -0.638. The second-order valence-electron chi connectivity index (χ2n) is 5.23. The molecule has 22 heavy (non-hydrogen) atoms. The Morgan fingerprint density at radius 3 is 2.73 bits per heavy atom. The number of ether oxygens (including phenoxy) is 2. The number of amides is 1. The van der Waals surface area contributed by atoms with Crippen molar-refractivity contribution in [1.82, 2.24) is 5.32 Å². The maximum atomic E-state index is 11.8. The molecule has 0 unspecified atom stereocenters. The lowest BCUT2D eigenvalue weighted by Crippen LogP contribution is -2.29. The van der Waals surface area contributed by atoms with Crippen molar-refractivity contribution in [2.45, 2.75) is 38.9 Å². The summed E-state index contributed by atoms with van der Waals surface area (Å²) in [6.07, 6.45) is 3.86. The van der Waals surface area contributed by atoms with Crippen molar-refractivity contribution in [3.63, 3.8) is 0 Å². The number of nitrogens with one attached hydrogen (secondary N) is 1. The third-order valence-corrected chi connectivity index (χ3v) is 3.40. The Hall–Kier alpha value is -2.14. The van der Waals surface area contributed by atoms with E-state index in [0.29, 0.717) is 6.61 Å². The van der Waals surface area contributed by atoms with Crippen LogP contribution in [0.4, 0.5) is 4.79 Å². The summed E-state index contributed by atoms with van der Waals surface area (Å²) in [4.78, 5) is 23.4. The first kappa shape index (κ1) is 16.2. The fraction of sp³-hybridized carbons (Fsp3) is 0.412. The smallest absolute Gasteiger partial charge is 0.412 e. The van der Waals surface area contributed by atoms with Gasteiger partial charge in [-0.2, -0.15) is 0 Å². The molecular weight excluding hydrogens is 282 g/mol. The molecule has 0 aromatic heterocycles. The molecule has 2 rings (SSSR count). The number of Topliss-reactive ketones (excluding diaryl/α,β-unsaturated/α-hetero) is 1. The van der Waals surface area contributed by atoms with Gasteiger partial charge in [0.15, 0.2) is 5.78 Å². The Morgan fingerprint density at radius 1 is 1.32 bits per heavy atom. The van der Waals surface area contributed by atoms with E-state index in [-0.39, 0.29) is 24.2 Å². The van der Waals surface area contributed by atoms with Crippen LogP contribution in [-0.2, 0) is 20.9 Å². The topological polar surface area (TPSA) is 64.6 Å². The molecule has 1 heterocycles. The Bertz CT molecular complexity index is 533. The van der Waals surface area contributed by atoms with Gasteiger partial charge in [-0.05, 0) is 30.9 Å². The highest BCUT2D eigenvalue weighted by molar-refractivity contribution is 5.96. The van der Waals surface area contributed by atoms with E-state index in [1.165, 1.54) is 6.92 Å². The molecule has 1 aliphatic rings. The Kier molecular flexibility index (Phi) is 6.15. The third-order valence-electron chi connectivity index (χ3n) is 3.40. The summed E-state index contributed by atoms with van der Waals surface area (Å²) < 4.78 is 10.7. The van der Waals surface area contributed by atoms with Gasteiger partial charge in [0.05, 0.1) is 11.8 Å². The molecule has 0 spiro atoms. The van der Waals surface area contributed by atoms with E-state index in [4.69, 9.17) is 9.47 Å². The highest BCUT2D eigenvalue weighted by atomic mass is 16.5. The van der Waals surface area contributed by atoms with Gasteiger partial charge in [-0.25, -0.2) is 4.79 Å². The third kappa shape index (κ3) is 5.33. The zero-order valence-corrected chi connectivity index (χ0v) is 12.7. The van der Waals surface area contributed by atoms with Gasteiger partial charge in [-0.3, -0.25) is 10.1 Å². The van der Waals surface area contributed by atoms with Gasteiger partial charge < -0.3 is 9.47 Å². The molecule has 1 atom stereocenters. The number of hydrogen-bond donors (Lipinski definition) is 1. The van der Waals surface area contributed by atoms with Crippen LogP contribution in [0.1, 0.15) is 31.7 Å². The van der Waals surface area contributed by atoms with Crippen molar-refractivity contribution >= 4 is 11.9 Å². The zero-order chi connectivity index (χ0) is 15.8. The number of carbonyl (C=O) groups excluding carboxylic acids is 2. The van der Waals surface area contributed by atoms with Crippen LogP contribution in [0.2, 0.25) is 0 Å². The van der Waals surface area contributed by atoms with Crippen LogP contribution >= 0.6 is 0 Å². The van der Waals surface area contributed by atoms with Crippen molar-refractivity contribution in [3.8, 4) is 0 Å². The van der Waals surface area contributed by atoms with Gasteiger partial charge >= 0.3 is 6.09 Å². The molecule has 0 radical (unpaired) electrons. The van der Waals surface area contributed by atoms with E-state index in [0.717, 1.165) is 24.8 Å². The number of rotatable bonds is 5. The van der Waals surface area contributed by atoms with Gasteiger partial charge in [0, 0.05) is 13.5 Å². The molecule has 1 aromatic rings. The Morgan fingerprint density at radius 2 is 2.09 bits per heavy atom. The van der Waals surface area contributed by atoms with Crippen molar-refractivity contribution in [1.29, 1.82) is 0 Å². The van der Waals surface area contributed by atoms with Crippen LogP contribution < -0.4 is 5.32 Å². The number of allylic oxidation sites excluding steroid dienone is 1. The summed E-state index contributed by atoms with van der Waals surface area (Å²) in [5.74, 6) is -0.217. The fourth-order valence-corrected chi connectivity index (χ4v) is 2.20. The van der Waals surface area contributed by atoms with Gasteiger partial charge in [0.25, 0.3) is 0 Å². The van der Waals surface area contributed by atoms with Gasteiger partial charge in [0.2, 0.25) is 0 Å². The van der Waals surface area contributed by atoms with Crippen molar-refractivity contribution < 1.29 is 19.1 Å². The first-order valence-electron chi connectivity index (χ1n) is 7.47. The molecule has 5 nitrogen and oxygen atoms in total. The molecule has 1 amide bonds. The monoisotopic (exact) mass is 303 g/mol. The number of hydrogen-bond acceptors (Lipinski definition) is 4. The molecule has 0 bridgehead atoms. The zero-order valence-electron chi connectivity index (χ0n) is 12.7. The molecule has 1 aromatic carbocycles. The maximum Gasteiger partial charge on any atom is 0.412 e. The Balaban J connectivity index is 1.88. The largest absolute Gasteiger partial charge is 0.444 e. The quantitative estimate of drug-likeness (QED) is 0.849.